The van der Waals surface area contributed by atoms with Gasteiger partial charge in [-0.3, -0.25) is 14.2 Å². The molecular formula is C21H20N6O2S2. The lowest BCUT2D eigenvalue weighted by molar-refractivity contribution is -0.117. The van der Waals surface area contributed by atoms with E-state index in [9.17, 15) is 14.9 Å². The van der Waals surface area contributed by atoms with Crippen LogP contribution in [0, 0.1) is 18.3 Å². The first-order chi connectivity index (χ1) is 15.0. The van der Waals surface area contributed by atoms with Crippen LogP contribution in [0.5, 0.6) is 0 Å². The zero-order valence-corrected chi connectivity index (χ0v) is 18.7. The molecule has 158 valence electrons. The maximum Gasteiger partial charge on any atom is 0.221 e. The third kappa shape index (κ3) is 4.84. The van der Waals surface area contributed by atoms with E-state index >= 15 is 0 Å². The van der Waals surface area contributed by atoms with Crippen molar-refractivity contribution in [2.24, 2.45) is 0 Å². The molecule has 1 N–H and O–H groups in total. The fraction of sp³-hybridized carbons (Fsp3) is 0.333. The zero-order valence-electron chi connectivity index (χ0n) is 17.0. The molecule has 1 unspecified atom stereocenters. The van der Waals surface area contributed by atoms with Crippen LogP contribution in [0.1, 0.15) is 48.1 Å². The van der Waals surface area contributed by atoms with Gasteiger partial charge in [0.1, 0.15) is 10.8 Å². The Hall–Kier alpha value is -3.03. The summed E-state index contributed by atoms with van der Waals surface area (Å²) in [6.45, 7) is 3.30. The second-order valence-electron chi connectivity index (χ2n) is 7.33. The Balaban J connectivity index is 1.58. The number of ketones is 1. The summed E-state index contributed by atoms with van der Waals surface area (Å²) < 4.78 is 1.94. The highest BCUT2D eigenvalue weighted by Gasteiger charge is 2.32. The number of amides is 1. The van der Waals surface area contributed by atoms with Gasteiger partial charge >= 0.3 is 0 Å². The van der Waals surface area contributed by atoms with E-state index in [2.05, 4.69) is 26.6 Å². The highest BCUT2D eigenvalue weighted by molar-refractivity contribution is 7.99. The molecule has 1 atom stereocenters. The Morgan fingerprint density at radius 3 is 2.84 bits per heavy atom. The van der Waals surface area contributed by atoms with E-state index in [4.69, 9.17) is 0 Å². The van der Waals surface area contributed by atoms with Crippen molar-refractivity contribution in [3.05, 3.63) is 46.2 Å². The van der Waals surface area contributed by atoms with Crippen LogP contribution in [0.2, 0.25) is 0 Å². The Morgan fingerprint density at radius 1 is 1.39 bits per heavy atom. The summed E-state index contributed by atoms with van der Waals surface area (Å²) in [6.07, 6.45) is 2.10. The lowest BCUT2D eigenvalue weighted by Gasteiger charge is -2.12. The Kier molecular flexibility index (Phi) is 6.15. The number of benzene rings is 1. The number of nitrogens with one attached hydrogen (secondary N) is 1. The second-order valence-corrected chi connectivity index (χ2v) is 9.16. The van der Waals surface area contributed by atoms with Crippen LogP contribution < -0.4 is 5.32 Å². The molecular weight excluding hydrogens is 432 g/mol. The van der Waals surface area contributed by atoms with Gasteiger partial charge in [0.2, 0.25) is 5.91 Å². The summed E-state index contributed by atoms with van der Waals surface area (Å²) >= 11 is 2.58. The number of hydrogen-bond acceptors (Lipinski definition) is 8. The van der Waals surface area contributed by atoms with Gasteiger partial charge in [-0.05, 0) is 38.0 Å². The summed E-state index contributed by atoms with van der Waals surface area (Å²) in [6, 6.07) is 9.52. The van der Waals surface area contributed by atoms with Crippen LogP contribution in [0.15, 0.2) is 34.8 Å². The van der Waals surface area contributed by atoms with Gasteiger partial charge in [-0.25, -0.2) is 4.98 Å². The number of carbonyl (C=O) groups excluding carboxylic acids is 2. The molecule has 1 amide bonds. The van der Waals surface area contributed by atoms with Crippen LogP contribution in [0.25, 0.3) is 5.69 Å². The number of carbonyl (C=O) groups is 2. The van der Waals surface area contributed by atoms with Crippen LogP contribution in [-0.2, 0) is 9.59 Å². The molecule has 1 fully saturated rings. The Morgan fingerprint density at radius 2 is 2.19 bits per heavy atom. The van der Waals surface area contributed by atoms with Gasteiger partial charge in [-0.15, -0.1) is 21.5 Å². The molecule has 0 aliphatic heterocycles. The van der Waals surface area contributed by atoms with Crippen molar-refractivity contribution >= 4 is 40.5 Å². The first kappa shape index (κ1) is 21.2. The van der Waals surface area contributed by atoms with Gasteiger partial charge in [0.25, 0.3) is 0 Å². The van der Waals surface area contributed by atoms with Crippen molar-refractivity contribution in [3.63, 3.8) is 0 Å². The minimum Gasteiger partial charge on any atom is -0.326 e. The number of aryl methyl sites for hydroxylation is 1. The van der Waals surface area contributed by atoms with E-state index < -0.39 is 5.92 Å². The number of anilines is 1. The van der Waals surface area contributed by atoms with Crippen LogP contribution in [0.3, 0.4) is 0 Å². The molecule has 2 heterocycles. The van der Waals surface area contributed by atoms with Crippen molar-refractivity contribution in [2.75, 3.05) is 11.1 Å². The lowest BCUT2D eigenvalue weighted by atomic mass is 10.1. The Bertz CT molecular complexity index is 1170. The molecule has 0 saturated heterocycles. The molecule has 1 aliphatic rings. The van der Waals surface area contributed by atoms with Crippen LogP contribution >= 0.6 is 23.1 Å². The average molecular weight is 453 g/mol. The van der Waals surface area contributed by atoms with Gasteiger partial charge in [-0.2, -0.15) is 5.26 Å². The fourth-order valence-corrected chi connectivity index (χ4v) is 4.86. The largest absolute Gasteiger partial charge is 0.326 e. The van der Waals surface area contributed by atoms with Gasteiger partial charge < -0.3 is 5.32 Å². The fourth-order valence-electron chi connectivity index (χ4n) is 3.14. The first-order valence-corrected chi connectivity index (χ1v) is 11.6. The van der Waals surface area contributed by atoms with Gasteiger partial charge in [0, 0.05) is 29.6 Å². The minimum absolute atomic E-state index is 0.0883. The van der Waals surface area contributed by atoms with E-state index in [0.29, 0.717) is 21.8 Å². The Labute approximate surface area is 187 Å². The SMILES string of the molecule is CC(=O)Nc1cccc(-n2c(SCC(=O)C(C#N)c3nc(C)cs3)nnc2C2CC2)c1. The molecule has 1 saturated carbocycles. The topological polar surface area (TPSA) is 114 Å². The standard InChI is InChI=1S/C21H20N6O2S2/c1-12-10-30-20(23-12)17(9-22)18(29)11-31-21-26-25-19(14-6-7-14)27(21)16-5-3-4-15(8-16)24-13(2)28/h3-5,8,10,14,17H,6-7,11H2,1-2H3,(H,24,28). The molecule has 1 aromatic carbocycles. The summed E-state index contributed by atoms with van der Waals surface area (Å²) in [4.78, 5) is 28.5. The molecule has 4 rings (SSSR count). The number of hydrogen-bond donors (Lipinski definition) is 1. The lowest BCUT2D eigenvalue weighted by Crippen LogP contribution is -2.14. The van der Waals surface area contributed by atoms with Crippen molar-refractivity contribution in [2.45, 2.75) is 43.7 Å². The van der Waals surface area contributed by atoms with Gasteiger partial charge in [0.05, 0.1) is 17.5 Å². The molecule has 0 bridgehead atoms. The van der Waals surface area contributed by atoms with E-state index in [1.165, 1.54) is 30.0 Å². The zero-order chi connectivity index (χ0) is 22.0. The molecule has 10 heteroatoms. The summed E-state index contributed by atoms with van der Waals surface area (Å²) in [7, 11) is 0. The van der Waals surface area contributed by atoms with Gasteiger partial charge in [0.15, 0.2) is 16.9 Å². The van der Waals surface area contributed by atoms with Crippen molar-refractivity contribution in [1.82, 2.24) is 19.7 Å². The number of aromatic nitrogens is 4. The quantitative estimate of drug-likeness (QED) is 0.517. The predicted octanol–water partition coefficient (Wildman–Crippen LogP) is 3.84. The number of thiazole rings is 1. The number of thioether (sulfide) groups is 1. The monoisotopic (exact) mass is 452 g/mol. The normalized spacial score (nSPS) is 14.1. The van der Waals surface area contributed by atoms with E-state index in [1.54, 1.807) is 0 Å². The third-order valence-corrected chi connectivity index (χ3v) is 6.68. The second kappa shape index (κ2) is 8.99. The summed E-state index contributed by atoms with van der Waals surface area (Å²) in [5, 5.41) is 23.9. The highest BCUT2D eigenvalue weighted by Crippen LogP contribution is 2.41. The number of nitrogens with zero attached hydrogens (tertiary/aromatic N) is 5. The van der Waals surface area contributed by atoms with Crippen molar-refractivity contribution in [3.8, 4) is 11.8 Å². The predicted molar refractivity (Wildman–Crippen MR) is 119 cm³/mol. The maximum absolute atomic E-state index is 12.8. The molecule has 1 aliphatic carbocycles. The number of Topliss-reactive ketones (excluding diaryl/α,β-unsaturated/α-hetero) is 1. The molecule has 0 radical (unpaired) electrons. The van der Waals surface area contributed by atoms with Crippen molar-refractivity contribution < 1.29 is 9.59 Å². The highest BCUT2D eigenvalue weighted by atomic mass is 32.2. The molecule has 31 heavy (non-hydrogen) atoms. The van der Waals surface area contributed by atoms with Crippen LogP contribution in [-0.4, -0.2) is 37.2 Å². The number of rotatable bonds is 8. The van der Waals surface area contributed by atoms with Crippen molar-refractivity contribution in [1.29, 1.82) is 5.26 Å². The van der Waals surface area contributed by atoms with E-state index in [0.717, 1.165) is 30.0 Å². The molecule has 2 aromatic heterocycles. The first-order valence-electron chi connectivity index (χ1n) is 9.76. The molecule has 3 aromatic rings. The van der Waals surface area contributed by atoms with E-state index in [-0.39, 0.29) is 17.4 Å². The van der Waals surface area contributed by atoms with E-state index in [1.807, 2.05) is 41.1 Å². The molecule has 8 nitrogen and oxygen atoms in total. The smallest absolute Gasteiger partial charge is 0.221 e. The maximum atomic E-state index is 12.8. The van der Waals surface area contributed by atoms with Crippen LogP contribution in [0.4, 0.5) is 5.69 Å². The van der Waals surface area contributed by atoms with Gasteiger partial charge in [-0.1, -0.05) is 17.8 Å². The summed E-state index contributed by atoms with van der Waals surface area (Å²) in [5.41, 5.74) is 2.30. The minimum atomic E-state index is -0.881. The summed E-state index contributed by atoms with van der Waals surface area (Å²) in [5.74, 6) is 0.0354. The number of nitriles is 1. The molecule has 0 spiro atoms. The third-order valence-electron chi connectivity index (χ3n) is 4.70. The average Bonchev–Trinajstić information content (AvgIpc) is 3.35.